The molecule has 0 radical (unpaired) electrons. The molecule has 6 aromatic rings. The summed E-state index contributed by atoms with van der Waals surface area (Å²) in [6.07, 6.45) is 7.81. The molecule has 2 nitrogen and oxygen atoms in total. The molecule has 6 aromatic carbocycles. The van der Waals surface area contributed by atoms with Crippen LogP contribution in [0, 0.1) is 11.5 Å². The van der Waals surface area contributed by atoms with Crippen LogP contribution in [0.2, 0.25) is 0 Å². The van der Waals surface area contributed by atoms with Crippen molar-refractivity contribution >= 4 is 37.9 Å². The third-order valence-corrected chi connectivity index (χ3v) is 7.14. The molecular formula is C36H26N2. The molecule has 0 aliphatic carbocycles. The summed E-state index contributed by atoms with van der Waals surface area (Å²) in [7, 11) is 0. The molecule has 0 spiro atoms. The number of fused-ring (bicyclic) bond motifs is 3. The second-order valence-electron chi connectivity index (χ2n) is 9.27. The highest BCUT2D eigenvalue weighted by atomic mass is 14.8. The van der Waals surface area contributed by atoms with Crippen LogP contribution in [0.15, 0.2) is 134 Å². The Labute approximate surface area is 222 Å². The van der Waals surface area contributed by atoms with Gasteiger partial charge in [0, 0.05) is 6.20 Å². The molecule has 0 aliphatic rings. The lowest BCUT2D eigenvalue weighted by atomic mass is 9.84. The van der Waals surface area contributed by atoms with Crippen molar-refractivity contribution in [3.63, 3.8) is 0 Å². The number of nitriles is 1. The minimum absolute atomic E-state index is 0.964. The molecule has 0 aromatic heterocycles. The normalized spacial score (nSPS) is 11.8. The standard InChI is InChI=1S/C36H26N2/c1-2-12-26(23-38-24-37)27-21-22-34(29-16-7-6-15-28(27)29)36-32-19-10-8-17-30(32)35(25-13-4-3-5-14-25)31-18-9-11-20-33(31)36/h2-23,38H,1H3/b12-2-,26-23+. The second-order valence-corrected chi connectivity index (χ2v) is 9.27. The van der Waals surface area contributed by atoms with Gasteiger partial charge < -0.3 is 0 Å². The molecule has 6 rings (SSSR count). The molecule has 0 fully saturated rings. The van der Waals surface area contributed by atoms with Crippen molar-refractivity contribution in [1.29, 1.82) is 5.26 Å². The monoisotopic (exact) mass is 486 g/mol. The summed E-state index contributed by atoms with van der Waals surface area (Å²) in [6.45, 7) is 1.99. The molecule has 2 heteroatoms. The van der Waals surface area contributed by atoms with Crippen LogP contribution in [0.4, 0.5) is 0 Å². The fourth-order valence-electron chi connectivity index (χ4n) is 5.61. The minimum atomic E-state index is 0.964. The number of rotatable bonds is 5. The van der Waals surface area contributed by atoms with Gasteiger partial charge in [-0.05, 0) is 72.6 Å². The quantitative estimate of drug-likeness (QED) is 0.114. The summed E-state index contributed by atoms with van der Waals surface area (Å²) < 4.78 is 0. The maximum atomic E-state index is 9.11. The largest absolute Gasteiger partial charge is 0.299 e. The van der Waals surface area contributed by atoms with Crippen LogP contribution in [0.25, 0.3) is 60.1 Å². The first-order valence-corrected chi connectivity index (χ1v) is 12.8. The third-order valence-electron chi connectivity index (χ3n) is 7.14. The molecule has 0 unspecified atom stereocenters. The molecule has 38 heavy (non-hydrogen) atoms. The van der Waals surface area contributed by atoms with E-state index in [0.29, 0.717) is 0 Å². The predicted octanol–water partition coefficient (Wildman–Crippen LogP) is 9.47. The zero-order chi connectivity index (χ0) is 25.9. The van der Waals surface area contributed by atoms with E-state index < -0.39 is 0 Å². The van der Waals surface area contributed by atoms with E-state index in [0.717, 1.165) is 16.5 Å². The Morgan fingerprint density at radius 1 is 0.605 bits per heavy atom. The van der Waals surface area contributed by atoms with E-state index in [2.05, 4.69) is 121 Å². The van der Waals surface area contributed by atoms with Crippen LogP contribution in [0.5, 0.6) is 0 Å². The van der Waals surface area contributed by atoms with E-state index in [1.54, 1.807) is 6.20 Å². The lowest BCUT2D eigenvalue weighted by molar-refractivity contribution is 1.20. The SMILES string of the molecule is C/C=C\C(=C/NC#N)c1ccc(-c2c3ccccc3c(-c3ccccc3)c3ccccc23)c2ccccc12. The van der Waals surface area contributed by atoms with Gasteiger partial charge in [-0.15, -0.1) is 0 Å². The minimum Gasteiger partial charge on any atom is -0.299 e. The van der Waals surface area contributed by atoms with E-state index in [-0.39, 0.29) is 0 Å². The number of allylic oxidation sites excluding steroid dienone is 3. The van der Waals surface area contributed by atoms with Gasteiger partial charge in [-0.3, -0.25) is 5.32 Å². The van der Waals surface area contributed by atoms with E-state index in [9.17, 15) is 0 Å². The summed E-state index contributed by atoms with van der Waals surface area (Å²) >= 11 is 0. The first-order chi connectivity index (χ1) is 18.8. The molecule has 1 N–H and O–H groups in total. The molecule has 0 amide bonds. The van der Waals surface area contributed by atoms with Crippen LogP contribution < -0.4 is 5.32 Å². The fourth-order valence-corrected chi connectivity index (χ4v) is 5.61. The Kier molecular flexibility index (Phi) is 6.18. The summed E-state index contributed by atoms with van der Waals surface area (Å²) in [4.78, 5) is 0. The Bertz CT molecular complexity index is 1850. The lowest BCUT2D eigenvalue weighted by Gasteiger charge is -2.19. The Morgan fingerprint density at radius 3 is 1.71 bits per heavy atom. The van der Waals surface area contributed by atoms with Gasteiger partial charge in [0.25, 0.3) is 0 Å². The van der Waals surface area contributed by atoms with E-state index in [1.165, 1.54) is 49.2 Å². The molecular weight excluding hydrogens is 460 g/mol. The van der Waals surface area contributed by atoms with Gasteiger partial charge in [0.1, 0.15) is 0 Å². The van der Waals surface area contributed by atoms with Crippen molar-refractivity contribution in [3.8, 4) is 28.4 Å². The molecule has 180 valence electrons. The van der Waals surface area contributed by atoms with Crippen LogP contribution >= 0.6 is 0 Å². The number of nitrogens with one attached hydrogen (secondary N) is 1. The van der Waals surface area contributed by atoms with Crippen molar-refractivity contribution < 1.29 is 0 Å². The number of benzene rings is 6. The van der Waals surface area contributed by atoms with Gasteiger partial charge in [0.15, 0.2) is 6.19 Å². The van der Waals surface area contributed by atoms with Gasteiger partial charge >= 0.3 is 0 Å². The van der Waals surface area contributed by atoms with Crippen LogP contribution in [-0.2, 0) is 0 Å². The molecule has 0 heterocycles. The van der Waals surface area contributed by atoms with Crippen molar-refractivity contribution in [2.24, 2.45) is 0 Å². The van der Waals surface area contributed by atoms with E-state index >= 15 is 0 Å². The van der Waals surface area contributed by atoms with Crippen molar-refractivity contribution in [1.82, 2.24) is 5.32 Å². The molecule has 0 atom stereocenters. The zero-order valence-electron chi connectivity index (χ0n) is 21.1. The second kappa shape index (κ2) is 10.1. The lowest BCUT2D eigenvalue weighted by Crippen LogP contribution is -1.96. The topological polar surface area (TPSA) is 35.8 Å². The zero-order valence-corrected chi connectivity index (χ0v) is 21.1. The highest BCUT2D eigenvalue weighted by Gasteiger charge is 2.18. The van der Waals surface area contributed by atoms with Crippen molar-refractivity contribution in [3.05, 3.63) is 139 Å². The predicted molar refractivity (Wildman–Crippen MR) is 161 cm³/mol. The van der Waals surface area contributed by atoms with Crippen molar-refractivity contribution in [2.45, 2.75) is 6.92 Å². The van der Waals surface area contributed by atoms with Crippen molar-refractivity contribution in [2.75, 3.05) is 0 Å². The van der Waals surface area contributed by atoms with Gasteiger partial charge in [-0.25, -0.2) is 0 Å². The van der Waals surface area contributed by atoms with E-state index in [4.69, 9.17) is 5.26 Å². The van der Waals surface area contributed by atoms with Gasteiger partial charge in [0.05, 0.1) is 0 Å². The first-order valence-electron chi connectivity index (χ1n) is 12.8. The van der Waals surface area contributed by atoms with Crippen LogP contribution in [0.3, 0.4) is 0 Å². The first kappa shape index (κ1) is 23.3. The van der Waals surface area contributed by atoms with E-state index in [1.807, 2.05) is 25.3 Å². The average Bonchev–Trinajstić information content (AvgIpc) is 2.98. The highest BCUT2D eigenvalue weighted by molar-refractivity contribution is 6.23. The van der Waals surface area contributed by atoms with Gasteiger partial charge in [-0.2, -0.15) is 5.26 Å². The maximum absolute atomic E-state index is 9.11. The Balaban J connectivity index is 1.73. The number of hydrogen-bond donors (Lipinski definition) is 1. The number of hydrogen-bond acceptors (Lipinski definition) is 2. The summed E-state index contributed by atoms with van der Waals surface area (Å²) in [5.41, 5.74) is 6.97. The summed E-state index contributed by atoms with van der Waals surface area (Å²) in [5, 5.41) is 19.1. The Hall–Kier alpha value is -5.13. The average molecular weight is 487 g/mol. The molecule has 0 saturated carbocycles. The van der Waals surface area contributed by atoms with Crippen LogP contribution in [0.1, 0.15) is 12.5 Å². The fraction of sp³-hybridized carbons (Fsp3) is 0.0278. The number of nitrogens with zero attached hydrogens (tertiary/aromatic N) is 1. The molecule has 0 bridgehead atoms. The van der Waals surface area contributed by atoms with Gasteiger partial charge in [0.2, 0.25) is 0 Å². The summed E-state index contributed by atoms with van der Waals surface area (Å²) in [5.74, 6) is 0. The molecule has 0 saturated heterocycles. The van der Waals surface area contributed by atoms with Crippen LogP contribution in [-0.4, -0.2) is 0 Å². The summed E-state index contributed by atoms with van der Waals surface area (Å²) in [6, 6.07) is 41.1. The smallest absolute Gasteiger partial charge is 0.180 e. The highest BCUT2D eigenvalue weighted by Crippen LogP contribution is 2.45. The Morgan fingerprint density at radius 2 is 1.13 bits per heavy atom. The van der Waals surface area contributed by atoms with Gasteiger partial charge in [-0.1, -0.05) is 127 Å². The maximum Gasteiger partial charge on any atom is 0.180 e. The molecule has 0 aliphatic heterocycles. The third kappa shape index (κ3) is 3.92.